The molecule has 0 spiro atoms. The molecule has 2 aromatic carbocycles. The number of β-amino-alcohol motifs (C(OH)–C–C–N with tert-alkyl or cyclic N) is 1. The third-order valence-corrected chi connectivity index (χ3v) is 6.01. The van der Waals surface area contributed by atoms with E-state index in [1.54, 1.807) is 6.07 Å². The normalized spacial score (nSPS) is 18.3. The molecule has 0 aliphatic carbocycles. The fraction of sp³-hybridized carbons (Fsp3) is 0.368. The Morgan fingerprint density at radius 1 is 0.926 bits per heavy atom. The third kappa shape index (κ3) is 3.67. The van der Waals surface area contributed by atoms with Gasteiger partial charge in [-0.05, 0) is 30.3 Å². The van der Waals surface area contributed by atoms with Crippen LogP contribution in [0.3, 0.4) is 0 Å². The van der Waals surface area contributed by atoms with Crippen molar-refractivity contribution >= 4 is 23.1 Å². The first-order valence-electron chi connectivity index (χ1n) is 8.84. The van der Waals surface area contributed by atoms with E-state index in [0.29, 0.717) is 25.3 Å². The van der Waals surface area contributed by atoms with Crippen LogP contribution in [0.4, 0.5) is 24.5 Å². The van der Waals surface area contributed by atoms with Crippen LogP contribution in [0.5, 0.6) is 0 Å². The average Bonchev–Trinajstić information content (AvgIpc) is 2.66. The number of hydrogen-bond acceptors (Lipinski definition) is 5. The lowest BCUT2D eigenvalue weighted by molar-refractivity contribution is -0.137. The smallest absolute Gasteiger partial charge is 0.395 e. The number of aliphatic hydroxyl groups excluding tert-OH is 1. The summed E-state index contributed by atoms with van der Waals surface area (Å²) in [6, 6.07) is 11.8. The monoisotopic (exact) mass is 395 g/mol. The van der Waals surface area contributed by atoms with Gasteiger partial charge in [-0.3, -0.25) is 9.91 Å². The zero-order chi connectivity index (χ0) is 19.0. The highest BCUT2D eigenvalue weighted by molar-refractivity contribution is 7.99. The summed E-state index contributed by atoms with van der Waals surface area (Å²) in [5.41, 5.74) is 0.846. The second kappa shape index (κ2) is 7.35. The van der Waals surface area contributed by atoms with Crippen LogP contribution in [0, 0.1) is 0 Å². The van der Waals surface area contributed by atoms with Crippen LogP contribution in [0.15, 0.2) is 52.3 Å². The standard InChI is InChI=1S/C19H20F3N3OS/c20-19(21,22)14-5-6-18-16(13-14)25(15-3-1-2-4-17(15)27-18)24-9-7-23(8-10-24)11-12-26/h1-6,13,26H,7-12H2. The summed E-state index contributed by atoms with van der Waals surface area (Å²) < 4.78 is 39.9. The van der Waals surface area contributed by atoms with Crippen LogP contribution in [0.2, 0.25) is 0 Å². The molecule has 0 amide bonds. The number of hydrogen-bond donors (Lipinski definition) is 1. The van der Waals surface area contributed by atoms with Crippen LogP contribution in [-0.4, -0.2) is 54.3 Å². The van der Waals surface area contributed by atoms with Gasteiger partial charge in [0.15, 0.2) is 0 Å². The first-order chi connectivity index (χ1) is 13.0. The Labute approximate surface area is 160 Å². The minimum Gasteiger partial charge on any atom is -0.395 e. The molecular formula is C19H20F3N3OS. The number of rotatable bonds is 3. The van der Waals surface area contributed by atoms with E-state index in [1.807, 2.05) is 29.3 Å². The minimum absolute atomic E-state index is 0.112. The van der Waals surface area contributed by atoms with Gasteiger partial charge in [-0.15, -0.1) is 0 Å². The van der Waals surface area contributed by atoms with Crippen molar-refractivity contribution in [1.82, 2.24) is 9.91 Å². The predicted octanol–water partition coefficient (Wildman–Crippen LogP) is 3.83. The van der Waals surface area contributed by atoms with Gasteiger partial charge in [-0.1, -0.05) is 23.9 Å². The number of para-hydroxylation sites is 1. The zero-order valence-corrected chi connectivity index (χ0v) is 15.4. The van der Waals surface area contributed by atoms with Crippen LogP contribution < -0.4 is 5.01 Å². The second-order valence-electron chi connectivity index (χ2n) is 6.58. The quantitative estimate of drug-likeness (QED) is 0.853. The maximum absolute atomic E-state index is 13.3. The van der Waals surface area contributed by atoms with Gasteiger partial charge in [0.2, 0.25) is 0 Å². The predicted molar refractivity (Wildman–Crippen MR) is 99.2 cm³/mol. The number of hydrazine groups is 1. The summed E-state index contributed by atoms with van der Waals surface area (Å²) in [6.45, 7) is 3.64. The molecule has 0 bridgehead atoms. The molecule has 1 saturated heterocycles. The maximum atomic E-state index is 13.3. The molecule has 8 heteroatoms. The van der Waals surface area contributed by atoms with E-state index in [2.05, 4.69) is 9.91 Å². The van der Waals surface area contributed by atoms with Crippen molar-refractivity contribution in [3.8, 4) is 0 Å². The second-order valence-corrected chi connectivity index (χ2v) is 7.66. The Morgan fingerprint density at radius 3 is 2.33 bits per heavy atom. The van der Waals surface area contributed by atoms with Crippen molar-refractivity contribution in [3.63, 3.8) is 0 Å². The summed E-state index contributed by atoms with van der Waals surface area (Å²) in [5.74, 6) is 0. The van der Waals surface area contributed by atoms with Gasteiger partial charge in [-0.2, -0.15) is 13.2 Å². The molecule has 2 aliphatic heterocycles. The Hall–Kier alpha value is -1.74. The van der Waals surface area contributed by atoms with Crippen molar-refractivity contribution in [2.75, 3.05) is 44.3 Å². The summed E-state index contributed by atoms with van der Waals surface area (Å²) in [7, 11) is 0. The van der Waals surface area contributed by atoms with Crippen molar-refractivity contribution in [2.24, 2.45) is 0 Å². The molecule has 0 radical (unpaired) electrons. The number of fused-ring (bicyclic) bond motifs is 2. The first-order valence-corrected chi connectivity index (χ1v) is 9.65. The number of benzene rings is 2. The highest BCUT2D eigenvalue weighted by Crippen LogP contribution is 2.50. The molecule has 0 atom stereocenters. The first kappa shape index (κ1) is 18.6. The number of anilines is 2. The summed E-state index contributed by atoms with van der Waals surface area (Å²) in [4.78, 5) is 4.01. The molecule has 0 saturated carbocycles. The highest BCUT2D eigenvalue weighted by Gasteiger charge is 2.35. The number of piperazine rings is 1. The van der Waals surface area contributed by atoms with Gasteiger partial charge in [-0.25, -0.2) is 5.01 Å². The molecule has 4 nitrogen and oxygen atoms in total. The fourth-order valence-electron chi connectivity index (χ4n) is 3.52. The fourth-order valence-corrected chi connectivity index (χ4v) is 4.55. The van der Waals surface area contributed by atoms with E-state index in [4.69, 9.17) is 5.11 Å². The molecule has 1 fully saturated rings. The number of aliphatic hydroxyl groups is 1. The van der Waals surface area contributed by atoms with E-state index < -0.39 is 11.7 Å². The molecule has 144 valence electrons. The molecule has 2 aliphatic rings. The lowest BCUT2D eigenvalue weighted by Crippen LogP contribution is -2.53. The Balaban J connectivity index is 1.72. The van der Waals surface area contributed by atoms with Crippen molar-refractivity contribution < 1.29 is 18.3 Å². The van der Waals surface area contributed by atoms with Crippen LogP contribution in [-0.2, 0) is 6.18 Å². The van der Waals surface area contributed by atoms with Crippen molar-refractivity contribution in [1.29, 1.82) is 0 Å². The Kier molecular flexibility index (Phi) is 5.07. The summed E-state index contributed by atoms with van der Waals surface area (Å²) in [5, 5.41) is 13.2. The SMILES string of the molecule is OCCN1CCN(N2c3ccccc3Sc3ccc(C(F)(F)F)cc32)CC1. The van der Waals surface area contributed by atoms with Gasteiger partial charge in [0.1, 0.15) is 0 Å². The lowest BCUT2D eigenvalue weighted by Gasteiger charge is -2.44. The Bertz CT molecular complexity index is 822. The Morgan fingerprint density at radius 2 is 1.63 bits per heavy atom. The zero-order valence-electron chi connectivity index (χ0n) is 14.6. The van der Waals surface area contributed by atoms with Crippen LogP contribution in [0.25, 0.3) is 0 Å². The summed E-state index contributed by atoms with van der Waals surface area (Å²) >= 11 is 1.50. The van der Waals surface area contributed by atoms with Gasteiger partial charge < -0.3 is 5.11 Å². The minimum atomic E-state index is -4.37. The molecule has 4 rings (SSSR count). The molecule has 0 unspecified atom stereocenters. The molecular weight excluding hydrogens is 375 g/mol. The van der Waals surface area contributed by atoms with E-state index in [9.17, 15) is 13.2 Å². The molecule has 27 heavy (non-hydrogen) atoms. The maximum Gasteiger partial charge on any atom is 0.416 e. The topological polar surface area (TPSA) is 30.0 Å². The third-order valence-electron chi connectivity index (χ3n) is 4.88. The van der Waals surface area contributed by atoms with E-state index in [0.717, 1.165) is 34.6 Å². The van der Waals surface area contributed by atoms with E-state index in [1.165, 1.54) is 17.8 Å². The van der Waals surface area contributed by atoms with Gasteiger partial charge >= 0.3 is 6.18 Å². The van der Waals surface area contributed by atoms with Crippen LogP contribution in [0.1, 0.15) is 5.56 Å². The largest absolute Gasteiger partial charge is 0.416 e. The van der Waals surface area contributed by atoms with Gasteiger partial charge in [0.05, 0.1) is 23.5 Å². The number of alkyl halides is 3. The number of nitrogens with zero attached hydrogens (tertiary/aromatic N) is 3. The van der Waals surface area contributed by atoms with Crippen LogP contribution >= 0.6 is 11.8 Å². The number of halogens is 3. The molecule has 2 aromatic rings. The van der Waals surface area contributed by atoms with E-state index in [-0.39, 0.29) is 6.61 Å². The van der Waals surface area contributed by atoms with Gasteiger partial charge in [0.25, 0.3) is 0 Å². The average molecular weight is 395 g/mol. The van der Waals surface area contributed by atoms with Crippen molar-refractivity contribution in [2.45, 2.75) is 16.0 Å². The molecule has 2 heterocycles. The molecule has 0 aromatic heterocycles. The van der Waals surface area contributed by atoms with Crippen molar-refractivity contribution in [3.05, 3.63) is 48.0 Å². The molecule has 1 N–H and O–H groups in total. The van der Waals surface area contributed by atoms with E-state index >= 15 is 0 Å². The lowest BCUT2D eigenvalue weighted by atomic mass is 10.1. The highest BCUT2D eigenvalue weighted by atomic mass is 32.2. The van der Waals surface area contributed by atoms with Gasteiger partial charge in [0, 0.05) is 42.5 Å². The summed E-state index contributed by atoms with van der Waals surface area (Å²) in [6.07, 6.45) is -4.37.